The van der Waals surface area contributed by atoms with Gasteiger partial charge in [0.15, 0.2) is 11.5 Å². The van der Waals surface area contributed by atoms with Gasteiger partial charge in [0, 0.05) is 23.9 Å². The Labute approximate surface area is 213 Å². The van der Waals surface area contributed by atoms with E-state index in [0.29, 0.717) is 27.3 Å². The van der Waals surface area contributed by atoms with Crippen molar-refractivity contribution >= 4 is 40.3 Å². The Morgan fingerprint density at radius 3 is 2.69 bits per heavy atom. The summed E-state index contributed by atoms with van der Waals surface area (Å²) in [7, 11) is 3.20. The largest absolute Gasteiger partial charge is 0.493 e. The number of aromatic nitrogens is 2. The number of amides is 1. The molecule has 0 spiro atoms. The van der Waals surface area contributed by atoms with Crippen molar-refractivity contribution in [2.45, 2.75) is 18.9 Å². The first-order valence-corrected chi connectivity index (χ1v) is 12.5. The van der Waals surface area contributed by atoms with E-state index in [2.05, 4.69) is 0 Å². The zero-order chi connectivity index (χ0) is 24.4. The quantitative estimate of drug-likeness (QED) is 0.332. The fraction of sp³-hybridized carbons (Fsp3) is 0.269. The molecule has 1 unspecified atom stereocenters. The summed E-state index contributed by atoms with van der Waals surface area (Å²) >= 11 is 6.85. The first-order chi connectivity index (χ1) is 17.1. The Bertz CT molecular complexity index is 1280. The van der Waals surface area contributed by atoms with Gasteiger partial charge in [0.25, 0.3) is 5.91 Å². The van der Waals surface area contributed by atoms with Crippen LogP contribution < -0.4 is 9.47 Å². The average Bonchev–Trinajstić information content (AvgIpc) is 3.62. The van der Waals surface area contributed by atoms with Gasteiger partial charge in [-0.3, -0.25) is 9.69 Å². The van der Waals surface area contributed by atoms with Crippen LogP contribution in [-0.2, 0) is 9.53 Å². The van der Waals surface area contributed by atoms with E-state index in [0.717, 1.165) is 42.0 Å². The summed E-state index contributed by atoms with van der Waals surface area (Å²) in [6.45, 7) is 1.23. The zero-order valence-electron chi connectivity index (χ0n) is 19.5. The summed E-state index contributed by atoms with van der Waals surface area (Å²) < 4.78 is 19.0. The summed E-state index contributed by atoms with van der Waals surface area (Å²) in [5, 5.41) is 4.86. The molecule has 1 atom stereocenters. The third-order valence-corrected chi connectivity index (χ3v) is 7.37. The molecule has 1 aromatic heterocycles. The molecule has 7 nitrogen and oxygen atoms in total. The van der Waals surface area contributed by atoms with Gasteiger partial charge >= 0.3 is 0 Å². The maximum absolute atomic E-state index is 13.2. The molecular weight excluding hydrogens is 482 g/mol. The number of thiocarbonyl (C=S) groups is 1. The SMILES string of the molecule is COc1ccc(-c2nn(-c3ccccc3)cc2/C=C2\SC(=S)N(CC3CCCO3)C2=O)cc1OC. The van der Waals surface area contributed by atoms with E-state index in [1.807, 2.05) is 65.5 Å². The molecule has 2 saturated heterocycles. The molecule has 2 aliphatic heterocycles. The van der Waals surface area contributed by atoms with Crippen LogP contribution in [0.3, 0.4) is 0 Å². The number of thioether (sulfide) groups is 1. The fourth-order valence-electron chi connectivity index (χ4n) is 4.20. The van der Waals surface area contributed by atoms with E-state index in [1.165, 1.54) is 11.8 Å². The molecule has 2 aromatic carbocycles. The van der Waals surface area contributed by atoms with E-state index in [4.69, 9.17) is 31.5 Å². The Kier molecular flexibility index (Phi) is 6.90. The van der Waals surface area contributed by atoms with Crippen molar-refractivity contribution in [2.75, 3.05) is 27.4 Å². The molecule has 2 aliphatic rings. The summed E-state index contributed by atoms with van der Waals surface area (Å²) in [6, 6.07) is 15.5. The van der Waals surface area contributed by atoms with Gasteiger partial charge in [-0.2, -0.15) is 5.10 Å². The van der Waals surface area contributed by atoms with Crippen molar-refractivity contribution in [2.24, 2.45) is 0 Å². The first-order valence-electron chi connectivity index (χ1n) is 11.3. The van der Waals surface area contributed by atoms with Crippen LogP contribution in [0.2, 0.25) is 0 Å². The number of para-hydroxylation sites is 1. The van der Waals surface area contributed by atoms with Gasteiger partial charge in [0.1, 0.15) is 10.0 Å². The minimum atomic E-state index is -0.0961. The van der Waals surface area contributed by atoms with Crippen LogP contribution >= 0.6 is 24.0 Å². The normalized spacial score (nSPS) is 19.1. The second-order valence-electron chi connectivity index (χ2n) is 8.21. The number of benzene rings is 2. The highest BCUT2D eigenvalue weighted by molar-refractivity contribution is 8.26. The number of rotatable bonds is 7. The van der Waals surface area contributed by atoms with Gasteiger partial charge in [-0.25, -0.2) is 4.68 Å². The Balaban J connectivity index is 1.54. The average molecular weight is 508 g/mol. The second kappa shape index (κ2) is 10.2. The molecule has 0 N–H and O–H groups in total. The monoisotopic (exact) mass is 507 g/mol. The first kappa shape index (κ1) is 23.6. The lowest BCUT2D eigenvalue weighted by Gasteiger charge is -2.18. The molecule has 5 rings (SSSR count). The molecule has 3 aromatic rings. The Hall–Kier alpha value is -3.14. The van der Waals surface area contributed by atoms with Gasteiger partial charge < -0.3 is 14.2 Å². The van der Waals surface area contributed by atoms with Crippen LogP contribution in [0.25, 0.3) is 23.0 Å². The summed E-state index contributed by atoms with van der Waals surface area (Å²) in [4.78, 5) is 15.5. The third-order valence-electron chi connectivity index (χ3n) is 5.99. The smallest absolute Gasteiger partial charge is 0.266 e. The minimum absolute atomic E-state index is 0.0417. The van der Waals surface area contributed by atoms with Crippen LogP contribution in [0.1, 0.15) is 18.4 Å². The van der Waals surface area contributed by atoms with E-state index in [-0.39, 0.29) is 12.0 Å². The third kappa shape index (κ3) is 4.84. The van der Waals surface area contributed by atoms with Crippen LogP contribution in [-0.4, -0.2) is 58.4 Å². The summed E-state index contributed by atoms with van der Waals surface area (Å²) in [6.07, 6.45) is 5.80. The number of hydrogen-bond acceptors (Lipinski definition) is 7. The Morgan fingerprint density at radius 1 is 1.17 bits per heavy atom. The van der Waals surface area contributed by atoms with Gasteiger partial charge in [-0.1, -0.05) is 42.2 Å². The highest BCUT2D eigenvalue weighted by Gasteiger charge is 2.35. The predicted octanol–water partition coefficient (Wildman–Crippen LogP) is 4.94. The minimum Gasteiger partial charge on any atom is -0.493 e. The highest BCUT2D eigenvalue weighted by atomic mass is 32.2. The van der Waals surface area contributed by atoms with Crippen molar-refractivity contribution in [3.8, 4) is 28.4 Å². The van der Waals surface area contributed by atoms with Gasteiger partial charge in [-0.05, 0) is 49.2 Å². The van der Waals surface area contributed by atoms with E-state index < -0.39 is 0 Å². The molecular formula is C26H25N3O4S2. The standard InChI is InChI=1S/C26H25N3O4S2/c1-31-21-11-10-17(13-22(21)32-2)24-18(15-29(27-24)19-7-4-3-5-8-19)14-23-25(30)28(26(34)35-23)16-20-9-6-12-33-20/h3-5,7-8,10-11,13-15,20H,6,9,12,16H2,1-2H3/b23-14-. The molecule has 35 heavy (non-hydrogen) atoms. The molecule has 0 radical (unpaired) electrons. The summed E-state index contributed by atoms with van der Waals surface area (Å²) in [5.41, 5.74) is 3.29. The zero-order valence-corrected chi connectivity index (χ0v) is 21.1. The molecule has 0 aliphatic carbocycles. The van der Waals surface area contributed by atoms with Crippen LogP contribution in [0, 0.1) is 0 Å². The molecule has 2 fully saturated rings. The molecule has 9 heteroatoms. The van der Waals surface area contributed by atoms with Gasteiger partial charge in [-0.15, -0.1) is 0 Å². The van der Waals surface area contributed by atoms with E-state index in [1.54, 1.807) is 19.1 Å². The van der Waals surface area contributed by atoms with Gasteiger partial charge in [0.05, 0.1) is 37.5 Å². The lowest BCUT2D eigenvalue weighted by molar-refractivity contribution is -0.123. The number of hydrogen-bond donors (Lipinski definition) is 0. The van der Waals surface area contributed by atoms with Crippen molar-refractivity contribution in [1.29, 1.82) is 0 Å². The topological polar surface area (TPSA) is 65.8 Å². The number of carbonyl (C=O) groups is 1. The van der Waals surface area contributed by atoms with Gasteiger partial charge in [0.2, 0.25) is 0 Å². The van der Waals surface area contributed by atoms with Crippen LogP contribution in [0.5, 0.6) is 11.5 Å². The summed E-state index contributed by atoms with van der Waals surface area (Å²) in [5.74, 6) is 1.14. The number of nitrogens with zero attached hydrogens (tertiary/aromatic N) is 3. The van der Waals surface area contributed by atoms with Crippen LogP contribution in [0.4, 0.5) is 0 Å². The van der Waals surface area contributed by atoms with E-state index in [9.17, 15) is 4.79 Å². The van der Waals surface area contributed by atoms with Crippen molar-refractivity contribution < 1.29 is 19.0 Å². The molecule has 180 valence electrons. The lowest BCUT2D eigenvalue weighted by Crippen LogP contribution is -2.35. The maximum atomic E-state index is 13.2. The number of methoxy groups -OCH3 is 2. The second-order valence-corrected chi connectivity index (χ2v) is 9.89. The molecule has 1 amide bonds. The highest BCUT2D eigenvalue weighted by Crippen LogP contribution is 2.37. The number of ether oxygens (including phenoxy) is 3. The Morgan fingerprint density at radius 2 is 1.97 bits per heavy atom. The van der Waals surface area contributed by atoms with Crippen molar-refractivity contribution in [1.82, 2.24) is 14.7 Å². The maximum Gasteiger partial charge on any atom is 0.266 e. The van der Waals surface area contributed by atoms with Crippen LogP contribution in [0.15, 0.2) is 59.6 Å². The fourth-order valence-corrected chi connectivity index (χ4v) is 5.47. The number of carbonyl (C=O) groups excluding carboxylic acids is 1. The molecule has 0 saturated carbocycles. The predicted molar refractivity (Wildman–Crippen MR) is 141 cm³/mol. The van der Waals surface area contributed by atoms with Crippen molar-refractivity contribution in [3.63, 3.8) is 0 Å². The van der Waals surface area contributed by atoms with Crippen molar-refractivity contribution in [3.05, 3.63) is 65.2 Å². The molecule has 0 bridgehead atoms. The van der Waals surface area contributed by atoms with E-state index >= 15 is 0 Å². The molecule has 3 heterocycles. The lowest BCUT2D eigenvalue weighted by atomic mass is 10.1.